The minimum atomic E-state index is 0.577. The molecule has 0 aliphatic carbocycles. The van der Waals surface area contributed by atoms with Crippen LogP contribution in [0.3, 0.4) is 0 Å². The molecule has 2 atom stereocenters. The molecule has 2 unspecified atom stereocenters. The van der Waals surface area contributed by atoms with E-state index in [4.69, 9.17) is 0 Å². The van der Waals surface area contributed by atoms with Gasteiger partial charge in [-0.1, -0.05) is 30.3 Å². The summed E-state index contributed by atoms with van der Waals surface area (Å²) in [7, 11) is 0. The molecule has 1 aliphatic heterocycles. The summed E-state index contributed by atoms with van der Waals surface area (Å²) in [5.74, 6) is 0. The molecule has 0 amide bonds. The van der Waals surface area contributed by atoms with Gasteiger partial charge >= 0.3 is 0 Å². The van der Waals surface area contributed by atoms with Crippen LogP contribution in [0.1, 0.15) is 18.9 Å². The lowest BCUT2D eigenvalue weighted by Gasteiger charge is -2.20. The zero-order chi connectivity index (χ0) is 13.1. The quantitative estimate of drug-likeness (QED) is 0.910. The molecule has 3 heteroatoms. The maximum absolute atomic E-state index is 3.64. The average molecular weight is 272 g/mol. The van der Waals surface area contributed by atoms with Crippen LogP contribution in [0.15, 0.2) is 47.2 Å². The van der Waals surface area contributed by atoms with Crippen LogP contribution >= 0.6 is 11.3 Å². The first kappa shape index (κ1) is 12.7. The van der Waals surface area contributed by atoms with Crippen molar-refractivity contribution in [3.63, 3.8) is 0 Å². The van der Waals surface area contributed by atoms with Crippen molar-refractivity contribution in [3.05, 3.63) is 52.7 Å². The molecular formula is C16H20N2S. The predicted octanol–water partition coefficient (Wildman–Crippen LogP) is 3.82. The van der Waals surface area contributed by atoms with E-state index in [-0.39, 0.29) is 0 Å². The van der Waals surface area contributed by atoms with Gasteiger partial charge in [0.05, 0.1) is 0 Å². The third kappa shape index (κ3) is 3.17. The lowest BCUT2D eigenvalue weighted by atomic mass is 10.2. The Balaban J connectivity index is 1.59. The summed E-state index contributed by atoms with van der Waals surface area (Å²) in [5.41, 5.74) is 2.68. The number of benzene rings is 1. The second-order valence-corrected chi connectivity index (χ2v) is 6.13. The van der Waals surface area contributed by atoms with Gasteiger partial charge in [-0.3, -0.25) is 4.90 Å². The Labute approximate surface area is 119 Å². The van der Waals surface area contributed by atoms with E-state index in [1.165, 1.54) is 17.7 Å². The molecule has 1 N–H and O–H groups in total. The second-order valence-electron chi connectivity index (χ2n) is 5.35. The van der Waals surface area contributed by atoms with Crippen LogP contribution in [0.5, 0.6) is 0 Å². The van der Waals surface area contributed by atoms with Gasteiger partial charge in [-0.05, 0) is 30.4 Å². The summed E-state index contributed by atoms with van der Waals surface area (Å²) in [6, 6.07) is 14.1. The van der Waals surface area contributed by atoms with Gasteiger partial charge < -0.3 is 5.32 Å². The zero-order valence-electron chi connectivity index (χ0n) is 11.3. The molecule has 0 spiro atoms. The predicted molar refractivity (Wildman–Crippen MR) is 82.7 cm³/mol. The molecule has 3 rings (SSSR count). The molecule has 0 saturated carbocycles. The van der Waals surface area contributed by atoms with E-state index >= 15 is 0 Å². The van der Waals surface area contributed by atoms with Gasteiger partial charge in [0.2, 0.25) is 0 Å². The van der Waals surface area contributed by atoms with E-state index in [1.54, 1.807) is 11.3 Å². The summed E-state index contributed by atoms with van der Waals surface area (Å²) < 4.78 is 0. The van der Waals surface area contributed by atoms with Gasteiger partial charge in [0.1, 0.15) is 0 Å². The second kappa shape index (κ2) is 5.76. The molecule has 0 bridgehead atoms. The molecule has 2 nitrogen and oxygen atoms in total. The van der Waals surface area contributed by atoms with Crippen molar-refractivity contribution in [3.8, 4) is 0 Å². The van der Waals surface area contributed by atoms with Crippen LogP contribution in [-0.2, 0) is 6.54 Å². The van der Waals surface area contributed by atoms with Crippen LogP contribution in [0.2, 0.25) is 0 Å². The van der Waals surface area contributed by atoms with Crippen molar-refractivity contribution in [2.75, 3.05) is 11.9 Å². The van der Waals surface area contributed by atoms with E-state index in [1.807, 2.05) is 0 Å². The number of hydrogen-bond acceptors (Lipinski definition) is 3. The molecule has 19 heavy (non-hydrogen) atoms. The fraction of sp³-hybridized carbons (Fsp3) is 0.375. The van der Waals surface area contributed by atoms with E-state index in [2.05, 4.69) is 64.3 Å². The summed E-state index contributed by atoms with van der Waals surface area (Å²) in [5, 5.41) is 7.95. The van der Waals surface area contributed by atoms with Crippen molar-refractivity contribution in [1.29, 1.82) is 0 Å². The van der Waals surface area contributed by atoms with Crippen LogP contribution in [-0.4, -0.2) is 23.5 Å². The first-order valence-electron chi connectivity index (χ1n) is 6.88. The van der Waals surface area contributed by atoms with E-state index in [0.717, 1.165) is 13.1 Å². The van der Waals surface area contributed by atoms with Gasteiger partial charge in [-0.25, -0.2) is 0 Å². The number of rotatable bonds is 4. The van der Waals surface area contributed by atoms with E-state index < -0.39 is 0 Å². The van der Waals surface area contributed by atoms with Crippen molar-refractivity contribution < 1.29 is 0 Å². The first-order chi connectivity index (χ1) is 9.31. The third-order valence-corrected chi connectivity index (χ3v) is 4.51. The smallest absolute Gasteiger partial charge is 0.0451 e. The SMILES string of the molecule is CC1CC(Nc2ccsc2)CN1Cc1ccccc1. The summed E-state index contributed by atoms with van der Waals surface area (Å²) in [6.45, 7) is 4.52. The van der Waals surface area contributed by atoms with Gasteiger partial charge in [0.25, 0.3) is 0 Å². The van der Waals surface area contributed by atoms with Crippen molar-refractivity contribution in [2.45, 2.75) is 32.0 Å². The van der Waals surface area contributed by atoms with Gasteiger partial charge in [0, 0.05) is 36.2 Å². The Bertz CT molecular complexity index is 495. The molecule has 100 valence electrons. The Morgan fingerprint density at radius 1 is 1.26 bits per heavy atom. The minimum absolute atomic E-state index is 0.577. The maximum atomic E-state index is 3.64. The molecule has 1 aromatic carbocycles. The van der Waals surface area contributed by atoms with Crippen LogP contribution in [0.4, 0.5) is 5.69 Å². The van der Waals surface area contributed by atoms with Gasteiger partial charge in [-0.2, -0.15) is 11.3 Å². The number of likely N-dealkylation sites (tertiary alicyclic amines) is 1. The molecule has 2 aromatic rings. The zero-order valence-corrected chi connectivity index (χ0v) is 12.1. The largest absolute Gasteiger partial charge is 0.380 e. The summed E-state index contributed by atoms with van der Waals surface area (Å²) >= 11 is 1.75. The third-order valence-electron chi connectivity index (χ3n) is 3.82. The Morgan fingerprint density at radius 3 is 2.84 bits per heavy atom. The number of anilines is 1. The molecule has 1 aromatic heterocycles. The fourth-order valence-corrected chi connectivity index (χ4v) is 3.42. The molecule has 2 heterocycles. The normalized spacial score (nSPS) is 23.6. The maximum Gasteiger partial charge on any atom is 0.0451 e. The van der Waals surface area contributed by atoms with E-state index in [9.17, 15) is 0 Å². The van der Waals surface area contributed by atoms with Crippen LogP contribution < -0.4 is 5.32 Å². The van der Waals surface area contributed by atoms with Crippen molar-refractivity contribution in [1.82, 2.24) is 4.90 Å². The van der Waals surface area contributed by atoms with Crippen LogP contribution in [0, 0.1) is 0 Å². The molecular weight excluding hydrogens is 252 g/mol. The van der Waals surface area contributed by atoms with E-state index in [0.29, 0.717) is 12.1 Å². The van der Waals surface area contributed by atoms with Crippen molar-refractivity contribution in [2.24, 2.45) is 0 Å². The van der Waals surface area contributed by atoms with Gasteiger partial charge in [-0.15, -0.1) is 0 Å². The Kier molecular flexibility index (Phi) is 3.85. The van der Waals surface area contributed by atoms with Gasteiger partial charge in [0.15, 0.2) is 0 Å². The highest BCUT2D eigenvalue weighted by Crippen LogP contribution is 2.24. The molecule has 1 aliphatic rings. The monoisotopic (exact) mass is 272 g/mol. The average Bonchev–Trinajstić information content (AvgIpc) is 3.02. The topological polar surface area (TPSA) is 15.3 Å². The Hall–Kier alpha value is -1.32. The number of nitrogens with zero attached hydrogens (tertiary/aromatic N) is 1. The highest BCUT2D eigenvalue weighted by atomic mass is 32.1. The lowest BCUT2D eigenvalue weighted by Crippen LogP contribution is -2.28. The minimum Gasteiger partial charge on any atom is -0.380 e. The standard InChI is InChI=1S/C16H20N2S/c1-13-9-16(17-15-7-8-19-12-15)11-18(13)10-14-5-3-2-4-6-14/h2-8,12-13,16-17H,9-11H2,1H3. The molecule has 0 radical (unpaired) electrons. The first-order valence-corrected chi connectivity index (χ1v) is 7.82. The summed E-state index contributed by atoms with van der Waals surface area (Å²) in [4.78, 5) is 2.57. The Morgan fingerprint density at radius 2 is 2.11 bits per heavy atom. The number of nitrogens with one attached hydrogen (secondary N) is 1. The summed E-state index contributed by atoms with van der Waals surface area (Å²) in [6.07, 6.45) is 1.22. The number of thiophene rings is 1. The highest BCUT2D eigenvalue weighted by molar-refractivity contribution is 7.08. The van der Waals surface area contributed by atoms with Crippen molar-refractivity contribution >= 4 is 17.0 Å². The lowest BCUT2D eigenvalue weighted by molar-refractivity contribution is 0.259. The number of hydrogen-bond donors (Lipinski definition) is 1. The molecule has 1 fully saturated rings. The highest BCUT2D eigenvalue weighted by Gasteiger charge is 2.28. The van der Waals surface area contributed by atoms with Crippen LogP contribution in [0.25, 0.3) is 0 Å². The fourth-order valence-electron chi connectivity index (χ4n) is 2.82. The molecule has 1 saturated heterocycles.